The van der Waals surface area contributed by atoms with Crippen LogP contribution < -0.4 is 11.2 Å². The van der Waals surface area contributed by atoms with Crippen LogP contribution in [0.2, 0.25) is 0 Å². The molecule has 1 N–H and O–H groups in total. The summed E-state index contributed by atoms with van der Waals surface area (Å²) < 4.78 is 7.13. The summed E-state index contributed by atoms with van der Waals surface area (Å²) in [5, 5.41) is 10.8. The van der Waals surface area contributed by atoms with Crippen LogP contribution in [-0.4, -0.2) is 27.3 Å². The summed E-state index contributed by atoms with van der Waals surface area (Å²) in [4.78, 5) is 38.4. The third kappa shape index (κ3) is 4.90. The van der Waals surface area contributed by atoms with Crippen LogP contribution >= 0.6 is 0 Å². The first-order valence-corrected chi connectivity index (χ1v) is 9.76. The zero-order valence-corrected chi connectivity index (χ0v) is 17.2. The van der Waals surface area contributed by atoms with Gasteiger partial charge >= 0.3 is 11.7 Å². The number of esters is 1. The van der Waals surface area contributed by atoms with Crippen molar-refractivity contribution in [2.24, 2.45) is 5.92 Å². The second-order valence-corrected chi connectivity index (χ2v) is 7.09. The average molecular weight is 420 g/mol. The van der Waals surface area contributed by atoms with Gasteiger partial charge in [-0.25, -0.2) is 4.79 Å². The highest BCUT2D eigenvalue weighted by Gasteiger charge is 2.29. The van der Waals surface area contributed by atoms with E-state index in [1.807, 2.05) is 48.5 Å². The molecule has 0 radical (unpaired) electrons. The van der Waals surface area contributed by atoms with Crippen molar-refractivity contribution in [3.05, 3.63) is 117 Å². The van der Waals surface area contributed by atoms with Crippen molar-refractivity contribution in [3.63, 3.8) is 0 Å². The van der Waals surface area contributed by atoms with Crippen molar-refractivity contribution in [3.8, 4) is 0 Å². The molecule has 0 saturated carbocycles. The average Bonchev–Trinajstić information content (AvgIpc) is 2.80. The monoisotopic (exact) mass is 420 g/mol. The Balaban J connectivity index is 2.15. The smallest absolute Gasteiger partial charge is 0.331 e. The molecular weight excluding hydrogens is 396 g/mol. The number of carbonyl (C=O) groups is 1. The van der Waals surface area contributed by atoms with Gasteiger partial charge in [-0.2, -0.15) is 0 Å². The van der Waals surface area contributed by atoms with Crippen LogP contribution in [0.25, 0.3) is 0 Å². The largest absolute Gasteiger partial charge is 0.468 e. The molecule has 3 rings (SSSR count). The van der Waals surface area contributed by atoms with Crippen LogP contribution in [0.1, 0.15) is 22.8 Å². The fourth-order valence-corrected chi connectivity index (χ4v) is 3.36. The number of hydrogen-bond donors (Lipinski definition) is 1. The minimum atomic E-state index is -1.51. The Bertz CT molecular complexity index is 1170. The molecule has 0 bridgehead atoms. The van der Waals surface area contributed by atoms with Gasteiger partial charge in [0.25, 0.3) is 5.56 Å². The van der Waals surface area contributed by atoms with Crippen LogP contribution in [0.4, 0.5) is 0 Å². The number of aromatic nitrogens is 2. The minimum absolute atomic E-state index is 0.0326. The highest BCUT2D eigenvalue weighted by molar-refractivity contribution is 5.75. The van der Waals surface area contributed by atoms with E-state index < -0.39 is 29.2 Å². The van der Waals surface area contributed by atoms with Crippen LogP contribution in [0.3, 0.4) is 0 Å². The van der Waals surface area contributed by atoms with Gasteiger partial charge in [0.05, 0.1) is 25.8 Å². The van der Waals surface area contributed by atoms with E-state index in [-0.39, 0.29) is 18.7 Å². The predicted molar refractivity (Wildman–Crippen MR) is 117 cm³/mol. The van der Waals surface area contributed by atoms with E-state index in [0.29, 0.717) is 0 Å². The van der Waals surface area contributed by atoms with Gasteiger partial charge in [-0.15, -0.1) is 6.58 Å². The van der Waals surface area contributed by atoms with Gasteiger partial charge in [0.1, 0.15) is 12.0 Å². The van der Waals surface area contributed by atoms with Crippen molar-refractivity contribution < 1.29 is 14.6 Å². The zero-order chi connectivity index (χ0) is 22.4. The van der Waals surface area contributed by atoms with Gasteiger partial charge in [-0.05, 0) is 11.1 Å². The fraction of sp³-hybridized carbons (Fsp3) is 0.208. The number of rotatable bonds is 8. The zero-order valence-electron chi connectivity index (χ0n) is 17.2. The van der Waals surface area contributed by atoms with E-state index in [1.165, 1.54) is 23.9 Å². The molecule has 2 unspecified atom stereocenters. The van der Waals surface area contributed by atoms with Crippen LogP contribution in [0.15, 0.2) is 89.1 Å². The first kappa shape index (κ1) is 22.0. The topological polar surface area (TPSA) is 90.5 Å². The van der Waals surface area contributed by atoms with Crippen molar-refractivity contribution in [2.75, 3.05) is 7.11 Å². The second-order valence-electron chi connectivity index (χ2n) is 7.09. The molecule has 1 heterocycles. The lowest BCUT2D eigenvalue weighted by atomic mass is 9.97. The summed E-state index contributed by atoms with van der Waals surface area (Å²) in [7, 11) is 1.19. The lowest BCUT2D eigenvalue weighted by molar-refractivity contribution is -0.147. The molecule has 7 nitrogen and oxygen atoms in total. The highest BCUT2D eigenvalue weighted by Crippen LogP contribution is 2.21. The van der Waals surface area contributed by atoms with Gasteiger partial charge in [0.2, 0.25) is 0 Å². The molecule has 0 saturated heterocycles. The molecule has 31 heavy (non-hydrogen) atoms. The molecule has 3 aromatic rings. The summed E-state index contributed by atoms with van der Waals surface area (Å²) in [6.07, 6.45) is 1.02. The number of aliphatic hydroxyl groups excluding tert-OH is 1. The molecule has 7 heteroatoms. The molecule has 160 valence electrons. The molecule has 0 aliphatic heterocycles. The number of ether oxygens (including phenoxy) is 1. The minimum Gasteiger partial charge on any atom is -0.468 e. The van der Waals surface area contributed by atoms with Crippen LogP contribution in [0, 0.1) is 5.92 Å². The molecular formula is C24H24N2O5. The third-order valence-electron chi connectivity index (χ3n) is 5.03. The van der Waals surface area contributed by atoms with Crippen LogP contribution in [0.5, 0.6) is 0 Å². The molecule has 0 aliphatic carbocycles. The van der Waals surface area contributed by atoms with Crippen molar-refractivity contribution in [2.45, 2.75) is 19.2 Å². The molecule has 1 aromatic heterocycles. The van der Waals surface area contributed by atoms with E-state index in [1.54, 1.807) is 12.1 Å². The number of methoxy groups -OCH3 is 1. The number of nitrogens with zero attached hydrogens (tertiary/aromatic N) is 2. The standard InChI is InChI=1S/C24H24N2O5/c1-3-19(23(29)31-2)21(27)20-16-25(14-17-10-6-4-7-11-17)24(30)26(22(20)28)15-18-12-8-5-9-13-18/h3-13,16,19,21,27H,1,14-15H2,2H3. The Morgan fingerprint density at radius 2 is 1.58 bits per heavy atom. The Kier molecular flexibility index (Phi) is 6.99. The number of benzene rings is 2. The van der Waals surface area contributed by atoms with Gasteiger partial charge < -0.3 is 9.84 Å². The van der Waals surface area contributed by atoms with Gasteiger partial charge in [0.15, 0.2) is 0 Å². The third-order valence-corrected chi connectivity index (χ3v) is 5.03. The summed E-state index contributed by atoms with van der Waals surface area (Å²) in [5.74, 6) is -1.87. The van der Waals surface area contributed by atoms with Gasteiger partial charge in [-0.1, -0.05) is 66.7 Å². The van der Waals surface area contributed by atoms with E-state index in [0.717, 1.165) is 15.7 Å². The second kappa shape index (κ2) is 9.86. The Labute approximate surface area is 179 Å². The Hall–Kier alpha value is -3.71. The highest BCUT2D eigenvalue weighted by atomic mass is 16.5. The van der Waals surface area contributed by atoms with Crippen molar-refractivity contribution in [1.29, 1.82) is 0 Å². The number of hydrogen-bond acceptors (Lipinski definition) is 5. The first-order chi connectivity index (χ1) is 15.0. The Morgan fingerprint density at radius 1 is 1.03 bits per heavy atom. The lowest BCUT2D eigenvalue weighted by Crippen LogP contribution is -2.43. The maximum absolute atomic E-state index is 13.2. The van der Waals surface area contributed by atoms with Gasteiger partial charge in [-0.3, -0.25) is 18.7 Å². The number of aliphatic hydroxyl groups is 1. The van der Waals surface area contributed by atoms with Crippen molar-refractivity contribution in [1.82, 2.24) is 9.13 Å². The molecule has 0 fully saturated rings. The Morgan fingerprint density at radius 3 is 2.10 bits per heavy atom. The van der Waals surface area contributed by atoms with E-state index >= 15 is 0 Å². The molecule has 0 aliphatic rings. The van der Waals surface area contributed by atoms with Crippen molar-refractivity contribution >= 4 is 5.97 Å². The summed E-state index contributed by atoms with van der Waals surface area (Å²) in [5.41, 5.74) is 0.348. The maximum Gasteiger partial charge on any atom is 0.331 e. The summed E-state index contributed by atoms with van der Waals surface area (Å²) >= 11 is 0. The summed E-state index contributed by atoms with van der Waals surface area (Å²) in [6.45, 7) is 3.80. The van der Waals surface area contributed by atoms with E-state index in [2.05, 4.69) is 6.58 Å². The number of carbonyl (C=O) groups excluding carboxylic acids is 1. The molecule has 0 spiro atoms. The molecule has 0 amide bonds. The predicted octanol–water partition coefficient (Wildman–Crippen LogP) is 2.12. The SMILES string of the molecule is C=CC(C(=O)OC)C(O)c1cn(Cc2ccccc2)c(=O)n(Cc2ccccc2)c1=O. The first-order valence-electron chi connectivity index (χ1n) is 9.76. The summed E-state index contributed by atoms with van der Waals surface area (Å²) in [6, 6.07) is 18.3. The molecule has 2 aromatic carbocycles. The lowest BCUT2D eigenvalue weighted by Gasteiger charge is -2.20. The molecule has 2 atom stereocenters. The normalized spacial score (nSPS) is 12.7. The van der Waals surface area contributed by atoms with Crippen LogP contribution in [-0.2, 0) is 22.6 Å². The van der Waals surface area contributed by atoms with E-state index in [9.17, 15) is 19.5 Å². The van der Waals surface area contributed by atoms with Gasteiger partial charge in [0, 0.05) is 6.20 Å². The quantitative estimate of drug-likeness (QED) is 0.445. The maximum atomic E-state index is 13.2. The fourth-order valence-electron chi connectivity index (χ4n) is 3.36. The van der Waals surface area contributed by atoms with E-state index in [4.69, 9.17) is 4.74 Å².